The number of aryl methyl sites for hydroxylation is 1. The molecule has 106 valence electrons. The molecule has 3 nitrogen and oxygen atoms in total. The number of rotatable bonds is 4. The van der Waals surface area contributed by atoms with Crippen LogP contribution in [0.3, 0.4) is 0 Å². The highest BCUT2D eigenvalue weighted by molar-refractivity contribution is 5.32. The average Bonchev–Trinajstić information content (AvgIpc) is 2.85. The second-order valence-electron chi connectivity index (χ2n) is 5.58. The molecule has 1 aromatic carbocycles. The molecule has 0 aliphatic heterocycles. The van der Waals surface area contributed by atoms with Crippen LogP contribution in [0.5, 0.6) is 5.75 Å². The minimum atomic E-state index is 0.327. The number of phenolic OH excluding ortho intramolecular Hbond substituents is 1. The van der Waals surface area contributed by atoms with Crippen molar-refractivity contribution in [1.29, 1.82) is 0 Å². The molecule has 1 aromatic heterocycles. The summed E-state index contributed by atoms with van der Waals surface area (Å²) >= 11 is 0. The van der Waals surface area contributed by atoms with Gasteiger partial charge in [0.2, 0.25) is 0 Å². The van der Waals surface area contributed by atoms with E-state index in [1.807, 2.05) is 12.1 Å². The van der Waals surface area contributed by atoms with E-state index in [4.69, 9.17) is 0 Å². The van der Waals surface area contributed by atoms with E-state index in [2.05, 4.69) is 29.2 Å². The van der Waals surface area contributed by atoms with Crippen molar-refractivity contribution in [1.82, 2.24) is 9.88 Å². The van der Waals surface area contributed by atoms with E-state index >= 15 is 0 Å². The Balaban J connectivity index is 1.80. The summed E-state index contributed by atoms with van der Waals surface area (Å²) in [6.07, 6.45) is 8.28. The number of nitrogens with one attached hydrogen (secondary N) is 1. The summed E-state index contributed by atoms with van der Waals surface area (Å²) in [5.74, 6) is 0.327. The fourth-order valence-corrected chi connectivity index (χ4v) is 3.11. The van der Waals surface area contributed by atoms with E-state index in [0.717, 1.165) is 13.1 Å². The van der Waals surface area contributed by atoms with Crippen LogP contribution in [0.25, 0.3) is 0 Å². The summed E-state index contributed by atoms with van der Waals surface area (Å²) in [7, 11) is 0. The molecule has 1 aliphatic carbocycles. The highest BCUT2D eigenvalue weighted by Gasteiger charge is 2.21. The maximum Gasteiger partial charge on any atom is 0.115 e. The molecule has 0 spiro atoms. The van der Waals surface area contributed by atoms with Gasteiger partial charge in [-0.2, -0.15) is 0 Å². The first-order valence-electron chi connectivity index (χ1n) is 7.46. The van der Waals surface area contributed by atoms with Crippen LogP contribution in [0, 0.1) is 0 Å². The standard InChI is InChI=1S/C17H22N2O/c1-2-18-17-5-3-4-14-11-19(12-16(14)17)10-13-6-8-15(20)9-7-13/h6-9,11-12,17-18,20H,2-5,10H2,1H3. The first-order chi connectivity index (χ1) is 9.76. The minimum absolute atomic E-state index is 0.327. The highest BCUT2D eigenvalue weighted by atomic mass is 16.3. The maximum atomic E-state index is 9.33. The number of phenols is 1. The molecule has 1 aliphatic rings. The molecule has 0 bridgehead atoms. The van der Waals surface area contributed by atoms with E-state index in [1.165, 1.54) is 36.0 Å². The summed E-state index contributed by atoms with van der Waals surface area (Å²) < 4.78 is 2.27. The number of benzene rings is 1. The average molecular weight is 270 g/mol. The largest absolute Gasteiger partial charge is 0.508 e. The van der Waals surface area contributed by atoms with Crippen molar-refractivity contribution in [3.05, 3.63) is 53.3 Å². The third kappa shape index (κ3) is 2.73. The molecule has 20 heavy (non-hydrogen) atoms. The van der Waals surface area contributed by atoms with Crippen LogP contribution in [0.2, 0.25) is 0 Å². The number of hydrogen-bond acceptors (Lipinski definition) is 2. The molecule has 2 aromatic rings. The third-order valence-corrected chi connectivity index (χ3v) is 4.06. The Morgan fingerprint density at radius 1 is 1.25 bits per heavy atom. The van der Waals surface area contributed by atoms with Crippen LogP contribution < -0.4 is 5.32 Å². The van der Waals surface area contributed by atoms with Gasteiger partial charge in [-0.05, 0) is 54.6 Å². The quantitative estimate of drug-likeness (QED) is 0.895. The fraction of sp³-hybridized carbons (Fsp3) is 0.412. The van der Waals surface area contributed by atoms with Crippen LogP contribution in [0.15, 0.2) is 36.7 Å². The Hall–Kier alpha value is -1.74. The zero-order valence-electron chi connectivity index (χ0n) is 12.0. The highest BCUT2D eigenvalue weighted by Crippen LogP contribution is 2.30. The molecule has 1 atom stereocenters. The summed E-state index contributed by atoms with van der Waals surface area (Å²) in [4.78, 5) is 0. The fourth-order valence-electron chi connectivity index (χ4n) is 3.11. The van der Waals surface area contributed by atoms with Gasteiger partial charge in [0.05, 0.1) is 0 Å². The van der Waals surface area contributed by atoms with Gasteiger partial charge in [-0.15, -0.1) is 0 Å². The van der Waals surface area contributed by atoms with Crippen molar-refractivity contribution in [2.24, 2.45) is 0 Å². The van der Waals surface area contributed by atoms with Gasteiger partial charge in [-0.1, -0.05) is 19.1 Å². The number of aromatic hydroxyl groups is 1. The lowest BCUT2D eigenvalue weighted by molar-refractivity contribution is 0.473. The smallest absolute Gasteiger partial charge is 0.115 e. The maximum absolute atomic E-state index is 9.33. The summed E-state index contributed by atoms with van der Waals surface area (Å²) in [6, 6.07) is 7.98. The molecule has 0 fully saturated rings. The lowest BCUT2D eigenvalue weighted by atomic mass is 9.91. The molecular formula is C17H22N2O. The van der Waals surface area contributed by atoms with Crippen molar-refractivity contribution >= 4 is 0 Å². The molecule has 0 saturated carbocycles. The monoisotopic (exact) mass is 270 g/mol. The van der Waals surface area contributed by atoms with Gasteiger partial charge in [0.15, 0.2) is 0 Å². The number of aromatic nitrogens is 1. The van der Waals surface area contributed by atoms with Crippen molar-refractivity contribution in [2.45, 2.75) is 38.8 Å². The summed E-state index contributed by atoms with van der Waals surface area (Å²) in [5.41, 5.74) is 4.17. The van der Waals surface area contributed by atoms with E-state index in [-0.39, 0.29) is 0 Å². The van der Waals surface area contributed by atoms with Crippen molar-refractivity contribution < 1.29 is 5.11 Å². The normalized spacial score (nSPS) is 17.9. The molecule has 3 heteroatoms. The van der Waals surface area contributed by atoms with Crippen LogP contribution in [0.4, 0.5) is 0 Å². The van der Waals surface area contributed by atoms with Gasteiger partial charge in [0, 0.05) is 25.0 Å². The Kier molecular flexibility index (Phi) is 3.79. The van der Waals surface area contributed by atoms with Crippen LogP contribution in [-0.2, 0) is 13.0 Å². The van der Waals surface area contributed by atoms with E-state index in [1.54, 1.807) is 12.1 Å². The van der Waals surface area contributed by atoms with Crippen molar-refractivity contribution in [2.75, 3.05) is 6.54 Å². The predicted molar refractivity (Wildman–Crippen MR) is 81.0 cm³/mol. The predicted octanol–water partition coefficient (Wildman–Crippen LogP) is 3.23. The summed E-state index contributed by atoms with van der Waals surface area (Å²) in [6.45, 7) is 4.06. The molecule has 0 amide bonds. The first-order valence-corrected chi connectivity index (χ1v) is 7.46. The van der Waals surface area contributed by atoms with Gasteiger partial charge in [-0.25, -0.2) is 0 Å². The second kappa shape index (κ2) is 5.71. The van der Waals surface area contributed by atoms with Crippen molar-refractivity contribution in [3.63, 3.8) is 0 Å². The minimum Gasteiger partial charge on any atom is -0.508 e. The number of hydrogen-bond donors (Lipinski definition) is 2. The SMILES string of the molecule is CCNC1CCCc2cn(Cc3ccc(O)cc3)cc21. The first kappa shape index (κ1) is 13.3. The molecule has 2 N–H and O–H groups in total. The second-order valence-corrected chi connectivity index (χ2v) is 5.58. The Morgan fingerprint density at radius 3 is 2.80 bits per heavy atom. The van der Waals surface area contributed by atoms with Gasteiger partial charge >= 0.3 is 0 Å². The Morgan fingerprint density at radius 2 is 2.05 bits per heavy atom. The molecule has 0 saturated heterocycles. The zero-order chi connectivity index (χ0) is 13.9. The lowest BCUT2D eigenvalue weighted by Gasteiger charge is -2.22. The topological polar surface area (TPSA) is 37.2 Å². The van der Waals surface area contributed by atoms with Gasteiger partial charge in [0.25, 0.3) is 0 Å². The van der Waals surface area contributed by atoms with E-state index in [0.29, 0.717) is 11.8 Å². The number of fused-ring (bicyclic) bond motifs is 1. The lowest BCUT2D eigenvalue weighted by Crippen LogP contribution is -2.23. The zero-order valence-corrected chi connectivity index (χ0v) is 12.0. The number of nitrogens with zero attached hydrogens (tertiary/aromatic N) is 1. The molecule has 3 rings (SSSR count). The van der Waals surface area contributed by atoms with Gasteiger partial charge in [0.1, 0.15) is 5.75 Å². The molecule has 0 radical (unpaired) electrons. The molecule has 1 unspecified atom stereocenters. The third-order valence-electron chi connectivity index (χ3n) is 4.06. The van der Waals surface area contributed by atoms with Crippen LogP contribution in [-0.4, -0.2) is 16.2 Å². The molecular weight excluding hydrogens is 248 g/mol. The Bertz CT molecular complexity index is 571. The van der Waals surface area contributed by atoms with Crippen LogP contribution in [0.1, 0.15) is 42.5 Å². The van der Waals surface area contributed by atoms with E-state index < -0.39 is 0 Å². The molecule has 1 heterocycles. The van der Waals surface area contributed by atoms with Gasteiger partial charge in [-0.3, -0.25) is 0 Å². The Labute approximate surface area is 120 Å². The summed E-state index contributed by atoms with van der Waals surface area (Å²) in [5, 5.41) is 12.9. The van der Waals surface area contributed by atoms with Gasteiger partial charge < -0.3 is 15.0 Å². The van der Waals surface area contributed by atoms with Crippen molar-refractivity contribution in [3.8, 4) is 5.75 Å². The van der Waals surface area contributed by atoms with Crippen LogP contribution >= 0.6 is 0 Å². The van der Waals surface area contributed by atoms with E-state index in [9.17, 15) is 5.11 Å².